The maximum atomic E-state index is 8.98. The summed E-state index contributed by atoms with van der Waals surface area (Å²) in [7, 11) is 1.74. The summed E-state index contributed by atoms with van der Waals surface area (Å²) >= 11 is 0. The number of likely N-dealkylation sites (tertiary alicyclic amines) is 1. The summed E-state index contributed by atoms with van der Waals surface area (Å²) in [6, 6.07) is 7.00. The van der Waals surface area contributed by atoms with E-state index in [1.54, 1.807) is 7.11 Å². The van der Waals surface area contributed by atoms with Gasteiger partial charge >= 0.3 is 0 Å². The van der Waals surface area contributed by atoms with E-state index in [4.69, 9.17) is 9.84 Å². The van der Waals surface area contributed by atoms with E-state index in [-0.39, 0.29) is 0 Å². The quantitative estimate of drug-likeness (QED) is 0.856. The van der Waals surface area contributed by atoms with Crippen LogP contribution in [0, 0.1) is 6.92 Å². The maximum Gasteiger partial charge on any atom is 0.123 e. The Morgan fingerprint density at radius 1 is 1.42 bits per heavy atom. The van der Waals surface area contributed by atoms with E-state index in [9.17, 15) is 0 Å². The fourth-order valence-corrected chi connectivity index (χ4v) is 3.01. The fourth-order valence-electron chi connectivity index (χ4n) is 3.01. The summed E-state index contributed by atoms with van der Waals surface area (Å²) < 4.78 is 5.46. The highest BCUT2D eigenvalue weighted by atomic mass is 16.5. The van der Waals surface area contributed by atoms with Crippen molar-refractivity contribution in [3.05, 3.63) is 29.3 Å². The Morgan fingerprint density at radius 3 is 3.00 bits per heavy atom. The van der Waals surface area contributed by atoms with E-state index in [1.807, 2.05) is 0 Å². The van der Waals surface area contributed by atoms with Gasteiger partial charge in [-0.05, 0) is 45.2 Å². The zero-order valence-corrected chi connectivity index (χ0v) is 12.1. The van der Waals surface area contributed by atoms with Gasteiger partial charge in [0, 0.05) is 24.8 Å². The van der Waals surface area contributed by atoms with Crippen molar-refractivity contribution in [1.29, 1.82) is 0 Å². The second-order valence-electron chi connectivity index (χ2n) is 5.45. The molecule has 1 aliphatic heterocycles. The Bertz CT molecular complexity index is 406. The third-order valence-electron chi connectivity index (χ3n) is 4.00. The minimum Gasteiger partial charge on any atom is -0.496 e. The molecule has 1 aromatic rings. The van der Waals surface area contributed by atoms with Gasteiger partial charge in [-0.15, -0.1) is 0 Å². The molecule has 1 heterocycles. The van der Waals surface area contributed by atoms with Gasteiger partial charge < -0.3 is 9.84 Å². The van der Waals surface area contributed by atoms with Gasteiger partial charge in [-0.1, -0.05) is 17.7 Å². The van der Waals surface area contributed by atoms with Crippen LogP contribution >= 0.6 is 0 Å². The molecule has 1 N–H and O–H groups in total. The molecule has 1 fully saturated rings. The van der Waals surface area contributed by atoms with Crippen LogP contribution in [0.25, 0.3) is 0 Å². The molecule has 0 radical (unpaired) electrons. The maximum absolute atomic E-state index is 8.98. The minimum absolute atomic E-state index is 0.304. The monoisotopic (exact) mass is 263 g/mol. The van der Waals surface area contributed by atoms with Gasteiger partial charge in [0.1, 0.15) is 5.75 Å². The lowest BCUT2D eigenvalue weighted by molar-refractivity contribution is 0.208. The van der Waals surface area contributed by atoms with Crippen molar-refractivity contribution in [2.45, 2.75) is 45.2 Å². The highest BCUT2D eigenvalue weighted by Gasteiger charge is 2.24. The predicted molar refractivity (Wildman–Crippen MR) is 77.5 cm³/mol. The molecule has 1 unspecified atom stereocenters. The molecule has 19 heavy (non-hydrogen) atoms. The van der Waals surface area contributed by atoms with Crippen LogP contribution in [0.2, 0.25) is 0 Å². The van der Waals surface area contributed by atoms with Gasteiger partial charge in [0.25, 0.3) is 0 Å². The first-order valence-corrected chi connectivity index (χ1v) is 7.23. The molecule has 3 nitrogen and oxygen atoms in total. The number of nitrogens with zero attached hydrogens (tertiary/aromatic N) is 1. The van der Waals surface area contributed by atoms with Crippen LogP contribution in [0.1, 0.15) is 36.8 Å². The molecule has 1 aliphatic rings. The zero-order valence-electron chi connectivity index (χ0n) is 12.1. The number of aliphatic hydroxyl groups excluding tert-OH is 1. The molecule has 2 rings (SSSR count). The number of aliphatic hydroxyl groups is 1. The van der Waals surface area contributed by atoms with E-state index in [1.165, 1.54) is 24.0 Å². The Kier molecular flexibility index (Phi) is 5.23. The van der Waals surface area contributed by atoms with Gasteiger partial charge in [-0.3, -0.25) is 4.90 Å². The third-order valence-corrected chi connectivity index (χ3v) is 4.00. The lowest BCUT2D eigenvalue weighted by atomic mass is 10.1. The summed E-state index contributed by atoms with van der Waals surface area (Å²) in [5, 5.41) is 8.98. The van der Waals surface area contributed by atoms with Gasteiger partial charge in [0.15, 0.2) is 0 Å². The first-order chi connectivity index (χ1) is 9.24. The fraction of sp³-hybridized carbons (Fsp3) is 0.625. The zero-order chi connectivity index (χ0) is 13.7. The Balaban J connectivity index is 2.05. The smallest absolute Gasteiger partial charge is 0.123 e. The molecular weight excluding hydrogens is 238 g/mol. The van der Waals surface area contributed by atoms with Gasteiger partial charge in [-0.2, -0.15) is 0 Å². The van der Waals surface area contributed by atoms with Crippen LogP contribution in [0.5, 0.6) is 5.75 Å². The molecule has 0 saturated carbocycles. The average molecular weight is 263 g/mol. The van der Waals surface area contributed by atoms with E-state index >= 15 is 0 Å². The highest BCUT2D eigenvalue weighted by molar-refractivity contribution is 5.36. The van der Waals surface area contributed by atoms with Crippen molar-refractivity contribution in [2.75, 3.05) is 20.3 Å². The Morgan fingerprint density at radius 2 is 2.26 bits per heavy atom. The first-order valence-electron chi connectivity index (χ1n) is 7.23. The van der Waals surface area contributed by atoms with Gasteiger partial charge in [-0.25, -0.2) is 0 Å². The van der Waals surface area contributed by atoms with E-state index in [2.05, 4.69) is 30.0 Å². The van der Waals surface area contributed by atoms with Crippen LogP contribution in [0.4, 0.5) is 0 Å². The number of ether oxygens (including phenoxy) is 1. The topological polar surface area (TPSA) is 32.7 Å². The van der Waals surface area contributed by atoms with Gasteiger partial charge in [0.2, 0.25) is 0 Å². The minimum atomic E-state index is 0.304. The molecule has 0 aromatic heterocycles. The molecule has 1 saturated heterocycles. The molecule has 1 aromatic carbocycles. The van der Waals surface area contributed by atoms with Crippen LogP contribution in [-0.4, -0.2) is 36.3 Å². The second-order valence-corrected chi connectivity index (χ2v) is 5.45. The molecule has 1 atom stereocenters. The number of hydrogen-bond acceptors (Lipinski definition) is 3. The first kappa shape index (κ1) is 14.4. The summed E-state index contributed by atoms with van der Waals surface area (Å²) in [5.74, 6) is 0.985. The third kappa shape index (κ3) is 3.71. The van der Waals surface area contributed by atoms with Crippen molar-refractivity contribution < 1.29 is 9.84 Å². The van der Waals surface area contributed by atoms with E-state index in [0.29, 0.717) is 12.6 Å². The number of aryl methyl sites for hydroxylation is 1. The molecule has 3 heteroatoms. The summed E-state index contributed by atoms with van der Waals surface area (Å²) in [6.45, 7) is 4.54. The van der Waals surface area contributed by atoms with Crippen molar-refractivity contribution in [1.82, 2.24) is 4.90 Å². The predicted octanol–water partition coefficient (Wildman–Crippen LogP) is 2.74. The van der Waals surface area contributed by atoms with Crippen LogP contribution in [0.3, 0.4) is 0 Å². The number of methoxy groups -OCH3 is 1. The molecule has 0 aliphatic carbocycles. The summed E-state index contributed by atoms with van der Waals surface area (Å²) in [6.07, 6.45) is 4.54. The van der Waals surface area contributed by atoms with Crippen LogP contribution in [-0.2, 0) is 6.54 Å². The van der Waals surface area contributed by atoms with E-state index < -0.39 is 0 Å². The van der Waals surface area contributed by atoms with Crippen molar-refractivity contribution >= 4 is 0 Å². The van der Waals surface area contributed by atoms with Crippen LogP contribution < -0.4 is 4.74 Å². The SMILES string of the molecule is COc1ccc(C)cc1CN1CCCC1CCCO. The van der Waals surface area contributed by atoms with Crippen molar-refractivity contribution in [3.63, 3.8) is 0 Å². The molecule has 0 amide bonds. The summed E-state index contributed by atoms with van der Waals surface area (Å²) in [4.78, 5) is 2.53. The normalized spacial score (nSPS) is 19.8. The number of hydrogen-bond donors (Lipinski definition) is 1. The average Bonchev–Trinajstić information content (AvgIpc) is 2.84. The van der Waals surface area contributed by atoms with E-state index in [0.717, 1.165) is 31.7 Å². The number of benzene rings is 1. The van der Waals surface area contributed by atoms with Crippen molar-refractivity contribution in [2.24, 2.45) is 0 Å². The molecular formula is C16H25NO2. The molecule has 0 bridgehead atoms. The number of rotatable bonds is 6. The lowest BCUT2D eigenvalue weighted by Crippen LogP contribution is -2.29. The lowest BCUT2D eigenvalue weighted by Gasteiger charge is -2.25. The van der Waals surface area contributed by atoms with Gasteiger partial charge in [0.05, 0.1) is 7.11 Å². The molecule has 0 spiro atoms. The van der Waals surface area contributed by atoms with Crippen LogP contribution in [0.15, 0.2) is 18.2 Å². The summed E-state index contributed by atoms with van der Waals surface area (Å²) in [5.41, 5.74) is 2.56. The highest BCUT2D eigenvalue weighted by Crippen LogP contribution is 2.27. The Hall–Kier alpha value is -1.06. The Labute approximate surface area is 116 Å². The molecule has 106 valence electrons. The second kappa shape index (κ2) is 6.92. The van der Waals surface area contributed by atoms with Crippen molar-refractivity contribution in [3.8, 4) is 5.75 Å². The standard InChI is InChI=1S/C16H25NO2/c1-13-7-8-16(19-2)14(11-13)12-17-9-3-5-15(17)6-4-10-18/h7-8,11,15,18H,3-6,9-10,12H2,1-2H3. The largest absolute Gasteiger partial charge is 0.496 e.